The predicted molar refractivity (Wildman–Crippen MR) is 94.3 cm³/mol. The number of carbonyl (C=O) groups is 1. The van der Waals surface area contributed by atoms with Crippen LogP contribution >= 0.6 is 0 Å². The molecule has 0 aromatic heterocycles. The number of phenols is 4. The van der Waals surface area contributed by atoms with Crippen LogP contribution in [0.25, 0.3) is 16.5 Å². The van der Waals surface area contributed by atoms with E-state index < -0.39 is 17.5 Å². The molecule has 0 unspecified atom stereocenters. The Kier molecular flexibility index (Phi) is 5.02. The van der Waals surface area contributed by atoms with Crippen molar-refractivity contribution in [3.8, 4) is 23.0 Å². The summed E-state index contributed by atoms with van der Waals surface area (Å²) in [6.07, 6.45) is 4.04. The molecule has 0 heterocycles. The van der Waals surface area contributed by atoms with E-state index in [-0.39, 0.29) is 33.6 Å². The van der Waals surface area contributed by atoms with E-state index in [1.54, 1.807) is 6.08 Å². The van der Waals surface area contributed by atoms with Crippen molar-refractivity contribution in [1.82, 2.24) is 0 Å². The van der Waals surface area contributed by atoms with Gasteiger partial charge in [0.15, 0.2) is 0 Å². The van der Waals surface area contributed by atoms with E-state index in [9.17, 15) is 25.2 Å². The Morgan fingerprint density at radius 1 is 1.00 bits per heavy atom. The van der Waals surface area contributed by atoms with Gasteiger partial charge in [0.25, 0.3) is 0 Å². The summed E-state index contributed by atoms with van der Waals surface area (Å²) >= 11 is 0. The maximum atomic E-state index is 11.6. The van der Waals surface area contributed by atoms with Crippen LogP contribution < -0.4 is 0 Å². The second kappa shape index (κ2) is 7.00. The molecule has 4 N–H and O–H groups in total. The Bertz CT molecular complexity index is 917. The van der Waals surface area contributed by atoms with Gasteiger partial charge in [-0.2, -0.15) is 0 Å². The molecule has 0 saturated heterocycles. The van der Waals surface area contributed by atoms with Crippen molar-refractivity contribution in [2.45, 2.75) is 13.8 Å². The molecule has 2 aromatic carbocycles. The first kappa shape index (κ1) is 17.9. The number of ether oxygens (including phenoxy) is 1. The minimum atomic E-state index is -0.757. The quantitative estimate of drug-likeness (QED) is 0.222. The van der Waals surface area contributed by atoms with Gasteiger partial charge < -0.3 is 25.2 Å². The molecule has 0 fully saturated rings. The van der Waals surface area contributed by atoms with E-state index in [1.807, 2.05) is 13.8 Å². The molecule has 6 heteroatoms. The van der Waals surface area contributed by atoms with Crippen LogP contribution in [-0.4, -0.2) is 26.4 Å². The fraction of sp³-hybridized carbons (Fsp3) is 0.105. The molecule has 0 saturated carbocycles. The Hall–Kier alpha value is -3.41. The largest absolute Gasteiger partial charge is 0.507 e. The Balaban J connectivity index is 2.80. The van der Waals surface area contributed by atoms with Crippen molar-refractivity contribution >= 4 is 22.5 Å². The lowest BCUT2D eigenvalue weighted by atomic mass is 10.0. The molecule has 0 aliphatic rings. The van der Waals surface area contributed by atoms with Crippen molar-refractivity contribution in [3.05, 3.63) is 54.1 Å². The molecule has 0 radical (unpaired) electrons. The number of phenolic OH excluding ortho intramolecular Hbond substituents is 4. The van der Waals surface area contributed by atoms with Gasteiger partial charge in [-0.25, -0.2) is 4.79 Å². The minimum absolute atomic E-state index is 0.0291. The van der Waals surface area contributed by atoms with Gasteiger partial charge in [0.1, 0.15) is 28.8 Å². The van der Waals surface area contributed by atoms with E-state index in [4.69, 9.17) is 4.74 Å². The van der Waals surface area contributed by atoms with E-state index in [0.717, 1.165) is 17.7 Å². The standard InChI is InChI=1S/C19H18O6/c1-4-16(23)25-15(8-5-10(2)3)11-9-14(22)17-12(20)6-7-13(21)18(17)19(11)24/h4-9,20-22,24H,1H2,2-3H3. The van der Waals surface area contributed by atoms with Crippen LogP contribution in [0.3, 0.4) is 0 Å². The van der Waals surface area contributed by atoms with Crippen LogP contribution in [0, 0.1) is 0 Å². The first-order valence-corrected chi connectivity index (χ1v) is 7.35. The van der Waals surface area contributed by atoms with E-state index >= 15 is 0 Å². The molecular formula is C19H18O6. The molecule has 0 amide bonds. The summed E-state index contributed by atoms with van der Waals surface area (Å²) < 4.78 is 5.14. The molecular weight excluding hydrogens is 324 g/mol. The van der Waals surface area contributed by atoms with Gasteiger partial charge in [0, 0.05) is 6.08 Å². The molecule has 130 valence electrons. The zero-order chi connectivity index (χ0) is 18.7. The molecule has 0 bridgehead atoms. The average Bonchev–Trinajstić information content (AvgIpc) is 2.56. The summed E-state index contributed by atoms with van der Waals surface area (Å²) in [6, 6.07) is 3.50. The van der Waals surface area contributed by atoms with Gasteiger partial charge in [-0.05, 0) is 38.1 Å². The van der Waals surface area contributed by atoms with Crippen LogP contribution in [0.1, 0.15) is 19.4 Å². The summed E-state index contributed by atoms with van der Waals surface area (Å²) in [4.78, 5) is 11.6. The predicted octanol–water partition coefficient (Wildman–Crippen LogP) is 3.70. The highest BCUT2D eigenvalue weighted by molar-refractivity contribution is 6.04. The zero-order valence-corrected chi connectivity index (χ0v) is 13.8. The second-order valence-electron chi connectivity index (χ2n) is 5.55. The van der Waals surface area contributed by atoms with Gasteiger partial charge in [-0.15, -0.1) is 0 Å². The van der Waals surface area contributed by atoms with Crippen molar-refractivity contribution in [2.24, 2.45) is 0 Å². The SMILES string of the molecule is C=CC(=O)OC(=CC=C(C)C)c1cc(O)c2c(O)ccc(O)c2c1O. The number of fused-ring (bicyclic) bond motifs is 1. The van der Waals surface area contributed by atoms with Gasteiger partial charge >= 0.3 is 5.97 Å². The normalized spacial score (nSPS) is 11.2. The maximum absolute atomic E-state index is 11.6. The first-order valence-electron chi connectivity index (χ1n) is 7.35. The lowest BCUT2D eigenvalue weighted by Crippen LogP contribution is -2.00. The lowest BCUT2D eigenvalue weighted by molar-refractivity contribution is -0.131. The lowest BCUT2D eigenvalue weighted by Gasteiger charge is -2.14. The Labute approximate surface area is 144 Å². The molecule has 2 rings (SSSR count). The molecule has 0 aliphatic heterocycles. The summed E-state index contributed by atoms with van der Waals surface area (Å²) in [5.41, 5.74) is 0.871. The smallest absolute Gasteiger partial charge is 0.335 e. The fourth-order valence-corrected chi connectivity index (χ4v) is 2.25. The Morgan fingerprint density at radius 3 is 2.16 bits per heavy atom. The molecule has 6 nitrogen and oxygen atoms in total. The molecule has 0 aliphatic carbocycles. The number of benzene rings is 2. The molecule has 25 heavy (non-hydrogen) atoms. The van der Waals surface area contributed by atoms with Gasteiger partial charge in [0.2, 0.25) is 0 Å². The fourth-order valence-electron chi connectivity index (χ4n) is 2.25. The molecule has 0 spiro atoms. The molecule has 0 atom stereocenters. The summed E-state index contributed by atoms with van der Waals surface area (Å²) in [5.74, 6) is -2.32. The highest BCUT2D eigenvalue weighted by atomic mass is 16.5. The minimum Gasteiger partial charge on any atom is -0.507 e. The summed E-state index contributed by atoms with van der Waals surface area (Å²) in [7, 11) is 0. The average molecular weight is 342 g/mol. The van der Waals surface area contributed by atoms with E-state index in [2.05, 4.69) is 6.58 Å². The highest BCUT2D eigenvalue weighted by Gasteiger charge is 2.21. The zero-order valence-electron chi connectivity index (χ0n) is 13.8. The monoisotopic (exact) mass is 342 g/mol. The number of carbonyl (C=O) groups excluding carboxylic acids is 1. The van der Waals surface area contributed by atoms with Gasteiger partial charge in [-0.1, -0.05) is 18.2 Å². The topological polar surface area (TPSA) is 107 Å². The summed E-state index contributed by atoms with van der Waals surface area (Å²) in [6.45, 7) is 6.96. The van der Waals surface area contributed by atoms with Crippen LogP contribution in [0.15, 0.2) is 48.6 Å². The first-order chi connectivity index (χ1) is 11.8. The Morgan fingerprint density at radius 2 is 1.60 bits per heavy atom. The van der Waals surface area contributed by atoms with E-state index in [1.165, 1.54) is 18.2 Å². The van der Waals surface area contributed by atoms with E-state index in [0.29, 0.717) is 0 Å². The van der Waals surface area contributed by atoms with Crippen molar-refractivity contribution < 1.29 is 30.0 Å². The van der Waals surface area contributed by atoms with Gasteiger partial charge in [0.05, 0.1) is 16.3 Å². The third-order valence-corrected chi connectivity index (χ3v) is 3.40. The number of aromatic hydroxyl groups is 4. The van der Waals surface area contributed by atoms with Crippen LogP contribution in [0.2, 0.25) is 0 Å². The third-order valence-electron chi connectivity index (χ3n) is 3.40. The maximum Gasteiger partial charge on any atom is 0.335 e. The number of hydrogen-bond acceptors (Lipinski definition) is 6. The van der Waals surface area contributed by atoms with Crippen LogP contribution in [-0.2, 0) is 9.53 Å². The summed E-state index contributed by atoms with van der Waals surface area (Å²) in [5, 5.41) is 40.4. The van der Waals surface area contributed by atoms with Gasteiger partial charge in [-0.3, -0.25) is 0 Å². The second-order valence-corrected chi connectivity index (χ2v) is 5.55. The van der Waals surface area contributed by atoms with Crippen molar-refractivity contribution in [1.29, 1.82) is 0 Å². The molecule has 2 aromatic rings. The number of rotatable bonds is 4. The van der Waals surface area contributed by atoms with Crippen molar-refractivity contribution in [3.63, 3.8) is 0 Å². The highest BCUT2D eigenvalue weighted by Crippen LogP contribution is 2.46. The van der Waals surface area contributed by atoms with Crippen LogP contribution in [0.4, 0.5) is 0 Å². The van der Waals surface area contributed by atoms with Crippen molar-refractivity contribution in [2.75, 3.05) is 0 Å². The van der Waals surface area contributed by atoms with Crippen LogP contribution in [0.5, 0.6) is 23.0 Å². The third kappa shape index (κ3) is 3.58. The number of allylic oxidation sites excluding steroid dienone is 3. The number of hydrogen-bond donors (Lipinski definition) is 4. The number of esters is 1.